The fourth-order valence-electron chi connectivity index (χ4n) is 3.83. The van der Waals surface area contributed by atoms with Gasteiger partial charge in [-0.1, -0.05) is 31.0 Å². The maximum absolute atomic E-state index is 13.4. The highest BCUT2D eigenvalue weighted by Gasteiger charge is 2.26. The number of hydrogen-bond donors (Lipinski definition) is 1. The number of rotatable bonds is 3. The number of pyridine rings is 1. The van der Waals surface area contributed by atoms with E-state index in [1.54, 1.807) is 12.1 Å². The molecule has 1 aliphatic rings. The van der Waals surface area contributed by atoms with Gasteiger partial charge in [-0.2, -0.15) is 0 Å². The fraction of sp³-hybridized carbons (Fsp3) is 0.273. The Morgan fingerprint density at radius 1 is 0.963 bits per heavy atom. The van der Waals surface area contributed by atoms with E-state index in [1.807, 2.05) is 24.3 Å². The van der Waals surface area contributed by atoms with E-state index < -0.39 is 5.97 Å². The van der Waals surface area contributed by atoms with Crippen molar-refractivity contribution < 1.29 is 14.3 Å². The molecule has 4 nitrogen and oxygen atoms in total. The quantitative estimate of drug-likeness (QED) is 0.701. The average molecular weight is 364 g/mol. The Morgan fingerprint density at radius 3 is 2.30 bits per heavy atom. The number of carboxylic acids is 1. The zero-order chi connectivity index (χ0) is 18.8. The molecule has 0 spiro atoms. The molecule has 3 aromatic rings. The van der Waals surface area contributed by atoms with Crippen molar-refractivity contribution in [3.8, 4) is 11.3 Å². The summed E-state index contributed by atoms with van der Waals surface area (Å²) in [4.78, 5) is 19.2. The molecular formula is C22H21FN2O2. The van der Waals surface area contributed by atoms with Gasteiger partial charge in [0.2, 0.25) is 0 Å². The number of halogens is 1. The van der Waals surface area contributed by atoms with Crippen molar-refractivity contribution >= 4 is 22.6 Å². The summed E-state index contributed by atoms with van der Waals surface area (Å²) >= 11 is 0. The molecule has 0 aliphatic carbocycles. The molecule has 27 heavy (non-hydrogen) atoms. The number of fused-ring (bicyclic) bond motifs is 1. The second-order valence-electron chi connectivity index (χ2n) is 6.91. The summed E-state index contributed by atoms with van der Waals surface area (Å²) in [5.41, 5.74) is 2.89. The van der Waals surface area contributed by atoms with Crippen molar-refractivity contribution in [2.24, 2.45) is 0 Å². The summed E-state index contributed by atoms with van der Waals surface area (Å²) in [7, 11) is 0. The van der Waals surface area contributed by atoms with E-state index in [-0.39, 0.29) is 11.4 Å². The highest BCUT2D eigenvalue weighted by molar-refractivity contribution is 6.10. The van der Waals surface area contributed by atoms with Gasteiger partial charge in [-0.05, 0) is 43.2 Å². The summed E-state index contributed by atoms with van der Waals surface area (Å²) in [5, 5.41) is 10.7. The van der Waals surface area contributed by atoms with Crippen LogP contribution in [0, 0.1) is 5.82 Å². The number of hydrogen-bond acceptors (Lipinski definition) is 3. The minimum atomic E-state index is -0.962. The van der Waals surface area contributed by atoms with Crippen molar-refractivity contribution in [3.63, 3.8) is 0 Å². The minimum Gasteiger partial charge on any atom is -0.478 e. The summed E-state index contributed by atoms with van der Waals surface area (Å²) in [6, 6.07) is 13.4. The van der Waals surface area contributed by atoms with Crippen LogP contribution in [0.15, 0.2) is 48.5 Å². The highest BCUT2D eigenvalue weighted by Crippen LogP contribution is 2.38. The first-order chi connectivity index (χ1) is 13.1. The van der Waals surface area contributed by atoms with Crippen molar-refractivity contribution in [2.45, 2.75) is 25.7 Å². The lowest BCUT2D eigenvalue weighted by Gasteiger charge is -2.27. The summed E-state index contributed by atoms with van der Waals surface area (Å²) < 4.78 is 13.4. The van der Waals surface area contributed by atoms with Crippen LogP contribution in [-0.4, -0.2) is 29.1 Å². The Bertz CT molecular complexity index is 978. The lowest BCUT2D eigenvalue weighted by Crippen LogP contribution is -2.27. The van der Waals surface area contributed by atoms with E-state index in [4.69, 9.17) is 4.98 Å². The summed E-state index contributed by atoms with van der Waals surface area (Å²) in [6.45, 7) is 1.60. The monoisotopic (exact) mass is 364 g/mol. The van der Waals surface area contributed by atoms with Gasteiger partial charge < -0.3 is 10.0 Å². The topological polar surface area (TPSA) is 53.4 Å². The lowest BCUT2D eigenvalue weighted by molar-refractivity contribution is 0.0699. The molecule has 0 radical (unpaired) electrons. The van der Waals surface area contributed by atoms with Crippen molar-refractivity contribution in [1.29, 1.82) is 0 Å². The smallest absolute Gasteiger partial charge is 0.338 e. The molecule has 1 saturated heterocycles. The predicted molar refractivity (Wildman–Crippen MR) is 105 cm³/mol. The molecule has 5 heteroatoms. The van der Waals surface area contributed by atoms with Crippen LogP contribution in [-0.2, 0) is 0 Å². The number of carboxylic acid groups (broad SMARTS) is 1. The number of aromatic nitrogens is 1. The number of benzene rings is 2. The molecule has 2 heterocycles. The van der Waals surface area contributed by atoms with Crippen LogP contribution in [0.25, 0.3) is 22.2 Å². The van der Waals surface area contributed by atoms with E-state index in [2.05, 4.69) is 4.90 Å². The fourth-order valence-corrected chi connectivity index (χ4v) is 3.83. The summed E-state index contributed by atoms with van der Waals surface area (Å²) in [5.74, 6) is -1.29. The largest absolute Gasteiger partial charge is 0.478 e. The van der Waals surface area contributed by atoms with Gasteiger partial charge in [-0.25, -0.2) is 14.2 Å². The first-order valence-electron chi connectivity index (χ1n) is 9.32. The van der Waals surface area contributed by atoms with E-state index >= 15 is 0 Å². The van der Waals surface area contributed by atoms with Crippen molar-refractivity contribution in [1.82, 2.24) is 4.98 Å². The van der Waals surface area contributed by atoms with Gasteiger partial charge in [0.15, 0.2) is 0 Å². The molecular weight excluding hydrogens is 343 g/mol. The van der Waals surface area contributed by atoms with Gasteiger partial charge in [0.25, 0.3) is 0 Å². The van der Waals surface area contributed by atoms with Crippen LogP contribution in [0.2, 0.25) is 0 Å². The SMILES string of the molecule is O=C(O)c1c(N2CCCCCC2)c(-c2ccc(F)cc2)nc2ccccc12. The predicted octanol–water partition coefficient (Wildman–Crippen LogP) is 5.12. The first kappa shape index (κ1) is 17.5. The van der Waals surface area contributed by atoms with Gasteiger partial charge in [-0.3, -0.25) is 0 Å². The number of carbonyl (C=O) groups is 1. The average Bonchev–Trinajstić information content (AvgIpc) is 2.96. The molecule has 2 aromatic carbocycles. The zero-order valence-electron chi connectivity index (χ0n) is 15.0. The number of aromatic carboxylic acids is 1. The maximum atomic E-state index is 13.4. The third-order valence-corrected chi connectivity index (χ3v) is 5.12. The minimum absolute atomic E-state index is 0.279. The van der Waals surface area contributed by atoms with E-state index in [9.17, 15) is 14.3 Å². The van der Waals surface area contributed by atoms with Crippen LogP contribution in [0.3, 0.4) is 0 Å². The molecule has 0 saturated carbocycles. The number of anilines is 1. The number of nitrogens with zero attached hydrogens (tertiary/aromatic N) is 2. The molecule has 1 aromatic heterocycles. The van der Waals surface area contributed by atoms with E-state index in [1.165, 1.54) is 12.1 Å². The van der Waals surface area contributed by atoms with Crippen LogP contribution in [0.4, 0.5) is 10.1 Å². The van der Waals surface area contributed by atoms with Crippen LogP contribution in [0.5, 0.6) is 0 Å². The molecule has 138 valence electrons. The lowest BCUT2D eigenvalue weighted by atomic mass is 9.99. The molecule has 1 fully saturated rings. The molecule has 1 aliphatic heterocycles. The maximum Gasteiger partial charge on any atom is 0.338 e. The summed E-state index contributed by atoms with van der Waals surface area (Å²) in [6.07, 6.45) is 4.33. The zero-order valence-corrected chi connectivity index (χ0v) is 15.0. The van der Waals surface area contributed by atoms with Gasteiger partial charge in [-0.15, -0.1) is 0 Å². The molecule has 1 N–H and O–H groups in total. The van der Waals surface area contributed by atoms with Gasteiger partial charge >= 0.3 is 5.97 Å². The Hall–Kier alpha value is -2.95. The van der Waals surface area contributed by atoms with E-state index in [0.717, 1.165) is 44.3 Å². The van der Waals surface area contributed by atoms with Crippen molar-refractivity contribution in [3.05, 3.63) is 59.9 Å². The van der Waals surface area contributed by atoms with Gasteiger partial charge in [0.05, 0.1) is 22.5 Å². The van der Waals surface area contributed by atoms with Crippen LogP contribution in [0.1, 0.15) is 36.0 Å². The third kappa shape index (κ3) is 3.37. The molecule has 0 amide bonds. The van der Waals surface area contributed by atoms with E-state index in [0.29, 0.717) is 22.3 Å². The van der Waals surface area contributed by atoms with Crippen LogP contribution >= 0.6 is 0 Å². The van der Waals surface area contributed by atoms with Gasteiger partial charge in [0, 0.05) is 24.0 Å². The Kier molecular flexibility index (Phi) is 4.75. The Labute approximate surface area is 157 Å². The molecule has 0 bridgehead atoms. The standard InChI is InChI=1S/C22H21FN2O2/c23-16-11-9-15(10-12-16)20-21(25-13-5-1-2-6-14-25)19(22(26)27)17-7-3-4-8-18(17)24-20/h3-4,7-12H,1-2,5-6,13-14H2,(H,26,27). The van der Waals surface area contributed by atoms with Crippen molar-refractivity contribution in [2.75, 3.05) is 18.0 Å². The second-order valence-corrected chi connectivity index (χ2v) is 6.91. The van der Waals surface area contributed by atoms with Crippen LogP contribution < -0.4 is 4.90 Å². The highest BCUT2D eigenvalue weighted by atomic mass is 19.1. The molecule has 0 atom stereocenters. The molecule has 4 rings (SSSR count). The number of para-hydroxylation sites is 1. The van der Waals surface area contributed by atoms with Gasteiger partial charge in [0.1, 0.15) is 5.82 Å². The Balaban J connectivity index is 2.03. The first-order valence-corrected chi connectivity index (χ1v) is 9.32. The third-order valence-electron chi connectivity index (χ3n) is 5.12. The Morgan fingerprint density at radius 2 is 1.63 bits per heavy atom. The molecule has 0 unspecified atom stereocenters. The second kappa shape index (κ2) is 7.35. The normalized spacial score (nSPS) is 14.9.